The molecule has 2 N–H and O–H groups in total. The minimum absolute atomic E-state index is 0.134. The van der Waals surface area contributed by atoms with Gasteiger partial charge in [0.15, 0.2) is 12.4 Å². The molecule has 1 aromatic heterocycles. The number of carbonyl (C=O) groups is 2. The third-order valence-corrected chi connectivity index (χ3v) is 4.47. The molecule has 7 nitrogen and oxygen atoms in total. The Morgan fingerprint density at radius 2 is 1.69 bits per heavy atom. The number of phenolic OH excluding ortho intramolecular Hbond substituents is 1. The van der Waals surface area contributed by atoms with Gasteiger partial charge in [-0.05, 0) is 33.9 Å². The number of aromatic hydroxyl groups is 1. The molecule has 2 aromatic rings. The van der Waals surface area contributed by atoms with Crippen LogP contribution in [0.2, 0.25) is 0 Å². The fraction of sp³-hybridized carbons (Fsp3) is 0.500. The van der Waals surface area contributed by atoms with E-state index in [0.717, 1.165) is 16.7 Å². The van der Waals surface area contributed by atoms with Crippen LogP contribution in [0.3, 0.4) is 0 Å². The SMILES string of the molecule is CC(C)(C)c1cc(CCC(=O)OCC(=O)Nc2ccon2)cc(C(C)(C)C)c1O. The summed E-state index contributed by atoms with van der Waals surface area (Å²) in [7, 11) is 0. The second-order valence-corrected chi connectivity index (χ2v) is 9.13. The number of hydrogen-bond acceptors (Lipinski definition) is 6. The van der Waals surface area contributed by atoms with Gasteiger partial charge in [0, 0.05) is 12.5 Å². The van der Waals surface area contributed by atoms with Gasteiger partial charge in [-0.2, -0.15) is 0 Å². The van der Waals surface area contributed by atoms with Crippen molar-refractivity contribution in [2.45, 2.75) is 65.2 Å². The van der Waals surface area contributed by atoms with Crippen LogP contribution in [0.4, 0.5) is 5.82 Å². The number of rotatable bonds is 6. The first-order chi connectivity index (χ1) is 13.4. The van der Waals surface area contributed by atoms with Crippen molar-refractivity contribution in [2.24, 2.45) is 0 Å². The molecule has 1 amide bonds. The summed E-state index contributed by atoms with van der Waals surface area (Å²) in [6.45, 7) is 11.9. The number of esters is 1. The van der Waals surface area contributed by atoms with E-state index in [0.29, 0.717) is 12.2 Å². The maximum atomic E-state index is 12.1. The molecule has 0 saturated carbocycles. The Morgan fingerprint density at radius 1 is 1.10 bits per heavy atom. The van der Waals surface area contributed by atoms with Crippen LogP contribution in [0.1, 0.15) is 64.7 Å². The molecule has 0 aliphatic rings. The minimum Gasteiger partial charge on any atom is -0.507 e. The summed E-state index contributed by atoms with van der Waals surface area (Å²) in [6.07, 6.45) is 1.92. The number of nitrogens with one attached hydrogen (secondary N) is 1. The molecule has 0 spiro atoms. The molecule has 0 aliphatic heterocycles. The number of aryl methyl sites for hydroxylation is 1. The fourth-order valence-electron chi connectivity index (χ4n) is 2.90. The number of benzene rings is 1. The highest BCUT2D eigenvalue weighted by Gasteiger charge is 2.26. The van der Waals surface area contributed by atoms with Crippen molar-refractivity contribution in [2.75, 3.05) is 11.9 Å². The van der Waals surface area contributed by atoms with E-state index in [9.17, 15) is 14.7 Å². The van der Waals surface area contributed by atoms with Crippen LogP contribution >= 0.6 is 0 Å². The number of hydrogen-bond donors (Lipinski definition) is 2. The molecule has 0 saturated heterocycles. The van der Waals surface area contributed by atoms with Gasteiger partial charge in [0.05, 0.1) is 0 Å². The molecule has 158 valence electrons. The number of amides is 1. The first kappa shape index (κ1) is 22.5. The number of carbonyl (C=O) groups excluding carboxylic acids is 2. The lowest BCUT2D eigenvalue weighted by atomic mass is 9.78. The van der Waals surface area contributed by atoms with Gasteiger partial charge in [0.1, 0.15) is 12.0 Å². The molecular weight excluding hydrogens is 372 g/mol. The molecule has 1 aromatic carbocycles. The highest BCUT2D eigenvalue weighted by Crippen LogP contribution is 2.39. The Bertz CT molecular complexity index is 823. The lowest BCUT2D eigenvalue weighted by molar-refractivity contribution is -0.147. The first-order valence-corrected chi connectivity index (χ1v) is 9.60. The quantitative estimate of drug-likeness (QED) is 0.706. The summed E-state index contributed by atoms with van der Waals surface area (Å²) < 4.78 is 9.65. The summed E-state index contributed by atoms with van der Waals surface area (Å²) in [6, 6.07) is 5.37. The lowest BCUT2D eigenvalue weighted by Gasteiger charge is -2.28. The van der Waals surface area contributed by atoms with Crippen LogP contribution in [0.15, 0.2) is 29.0 Å². The Kier molecular flexibility index (Phi) is 6.72. The molecule has 7 heteroatoms. The topological polar surface area (TPSA) is 102 Å². The van der Waals surface area contributed by atoms with Crippen molar-refractivity contribution in [3.8, 4) is 5.75 Å². The number of ether oxygens (including phenoxy) is 1. The van der Waals surface area contributed by atoms with Gasteiger partial charge in [-0.25, -0.2) is 0 Å². The first-order valence-electron chi connectivity index (χ1n) is 9.60. The van der Waals surface area contributed by atoms with Crippen LogP contribution in [-0.4, -0.2) is 28.7 Å². The molecule has 2 rings (SSSR count). The second-order valence-electron chi connectivity index (χ2n) is 9.13. The average Bonchev–Trinajstić information content (AvgIpc) is 3.09. The number of nitrogens with zero attached hydrogens (tertiary/aromatic N) is 1. The zero-order chi connectivity index (χ0) is 21.8. The highest BCUT2D eigenvalue weighted by atomic mass is 16.5. The van der Waals surface area contributed by atoms with Crippen molar-refractivity contribution >= 4 is 17.7 Å². The van der Waals surface area contributed by atoms with Crippen LogP contribution < -0.4 is 5.32 Å². The Balaban J connectivity index is 2.02. The van der Waals surface area contributed by atoms with Crippen molar-refractivity contribution in [3.63, 3.8) is 0 Å². The molecule has 0 fully saturated rings. The Labute approximate surface area is 171 Å². The van der Waals surface area contributed by atoms with Gasteiger partial charge in [0.2, 0.25) is 0 Å². The predicted octanol–water partition coefficient (Wildman–Crippen LogP) is 4.09. The normalized spacial score (nSPS) is 11.9. The lowest BCUT2D eigenvalue weighted by Crippen LogP contribution is -2.21. The number of phenols is 1. The molecule has 0 bridgehead atoms. The van der Waals surface area contributed by atoms with Crippen molar-refractivity contribution in [1.29, 1.82) is 0 Å². The van der Waals surface area contributed by atoms with Gasteiger partial charge in [0.25, 0.3) is 5.91 Å². The zero-order valence-corrected chi connectivity index (χ0v) is 18.0. The molecule has 0 atom stereocenters. The Hall–Kier alpha value is -2.83. The van der Waals surface area contributed by atoms with E-state index in [-0.39, 0.29) is 29.7 Å². The van der Waals surface area contributed by atoms with Crippen LogP contribution in [0.5, 0.6) is 5.75 Å². The molecule has 29 heavy (non-hydrogen) atoms. The van der Waals surface area contributed by atoms with Gasteiger partial charge in [-0.3, -0.25) is 9.59 Å². The summed E-state index contributed by atoms with van der Waals surface area (Å²) in [5, 5.41) is 16.8. The third-order valence-electron chi connectivity index (χ3n) is 4.47. The maximum absolute atomic E-state index is 12.1. The van der Waals surface area contributed by atoms with Crippen LogP contribution in [0, 0.1) is 0 Å². The largest absolute Gasteiger partial charge is 0.507 e. The summed E-state index contributed by atoms with van der Waals surface area (Å²) >= 11 is 0. The Morgan fingerprint density at radius 3 is 2.17 bits per heavy atom. The smallest absolute Gasteiger partial charge is 0.306 e. The van der Waals surface area contributed by atoms with E-state index in [2.05, 4.69) is 15.0 Å². The average molecular weight is 402 g/mol. The van der Waals surface area contributed by atoms with E-state index >= 15 is 0 Å². The maximum Gasteiger partial charge on any atom is 0.306 e. The van der Waals surface area contributed by atoms with Gasteiger partial charge in [-0.15, -0.1) is 0 Å². The molecule has 0 aliphatic carbocycles. The molecule has 0 radical (unpaired) electrons. The summed E-state index contributed by atoms with van der Waals surface area (Å²) in [5.74, 6) is -0.384. The van der Waals surface area contributed by atoms with Gasteiger partial charge >= 0.3 is 5.97 Å². The van der Waals surface area contributed by atoms with E-state index in [1.165, 1.54) is 12.3 Å². The standard InChI is InChI=1S/C22H30N2O5/c1-21(2,3)15-11-14(12-16(20(15)27)22(4,5)6)7-8-19(26)28-13-18(25)23-17-9-10-29-24-17/h9-12,27H,7-8,13H2,1-6H3,(H,23,24,25). The van der Waals surface area contributed by atoms with Gasteiger partial charge in [-0.1, -0.05) is 58.8 Å². The summed E-state index contributed by atoms with van der Waals surface area (Å²) in [4.78, 5) is 23.8. The van der Waals surface area contributed by atoms with E-state index < -0.39 is 11.9 Å². The van der Waals surface area contributed by atoms with Crippen molar-refractivity contribution in [1.82, 2.24) is 5.16 Å². The van der Waals surface area contributed by atoms with E-state index in [4.69, 9.17) is 4.74 Å². The number of anilines is 1. The number of aromatic nitrogens is 1. The fourth-order valence-corrected chi connectivity index (χ4v) is 2.90. The van der Waals surface area contributed by atoms with E-state index in [1.807, 2.05) is 53.7 Å². The predicted molar refractivity (Wildman–Crippen MR) is 110 cm³/mol. The molecular formula is C22H30N2O5. The van der Waals surface area contributed by atoms with Gasteiger partial charge < -0.3 is 19.7 Å². The molecule has 0 unspecified atom stereocenters. The highest BCUT2D eigenvalue weighted by molar-refractivity contribution is 5.91. The monoisotopic (exact) mass is 402 g/mol. The van der Waals surface area contributed by atoms with Crippen molar-refractivity contribution in [3.05, 3.63) is 41.2 Å². The molecule has 1 heterocycles. The third kappa shape index (κ3) is 6.34. The van der Waals surface area contributed by atoms with Crippen molar-refractivity contribution < 1.29 is 24.0 Å². The summed E-state index contributed by atoms with van der Waals surface area (Å²) in [5.41, 5.74) is 2.17. The zero-order valence-electron chi connectivity index (χ0n) is 18.0. The van der Waals surface area contributed by atoms with Crippen LogP contribution in [-0.2, 0) is 31.6 Å². The second kappa shape index (κ2) is 8.68. The minimum atomic E-state index is -0.484. The van der Waals surface area contributed by atoms with E-state index in [1.54, 1.807) is 0 Å². The van der Waals surface area contributed by atoms with Crippen LogP contribution in [0.25, 0.3) is 0 Å².